The van der Waals surface area contributed by atoms with E-state index in [0.717, 1.165) is 11.8 Å². The van der Waals surface area contributed by atoms with Crippen LogP contribution in [0.1, 0.15) is 33.6 Å². The summed E-state index contributed by atoms with van der Waals surface area (Å²) in [4.78, 5) is 23.2. The quantitative estimate of drug-likeness (QED) is 0.622. The highest BCUT2D eigenvalue weighted by molar-refractivity contribution is 9.09. The second kappa shape index (κ2) is 6.89. The minimum atomic E-state index is -0.547. The van der Waals surface area contributed by atoms with Crippen LogP contribution in [0.3, 0.4) is 0 Å². The fraction of sp³-hybridized carbons (Fsp3) is 0.818. The Balaban J connectivity index is 4.42. The number of halogens is 1. The molecule has 0 bridgehead atoms. The number of carbonyl (C=O) groups is 2. The van der Waals surface area contributed by atoms with E-state index in [9.17, 15) is 9.59 Å². The molecule has 1 atom stereocenters. The number of hydrogen-bond donors (Lipinski definition) is 1. The lowest BCUT2D eigenvalue weighted by atomic mass is 9.95. The molecule has 0 heterocycles. The number of nitrogens with one attached hydrogen (secondary N) is 1. The number of alkyl halides is 1. The van der Waals surface area contributed by atoms with Crippen LogP contribution < -0.4 is 5.32 Å². The number of amides is 1. The third-order valence-corrected chi connectivity index (χ3v) is 2.66. The van der Waals surface area contributed by atoms with Crippen molar-refractivity contribution >= 4 is 27.8 Å². The van der Waals surface area contributed by atoms with E-state index >= 15 is 0 Å². The van der Waals surface area contributed by atoms with E-state index in [1.165, 1.54) is 7.11 Å². The highest BCUT2D eigenvalue weighted by atomic mass is 79.9. The summed E-state index contributed by atoms with van der Waals surface area (Å²) >= 11 is 3.29. The summed E-state index contributed by atoms with van der Waals surface area (Å²) in [7, 11) is 1.33. The predicted octanol–water partition coefficient (Wildman–Crippen LogP) is 1.87. The maximum Gasteiger partial charge on any atom is 0.328 e. The largest absolute Gasteiger partial charge is 0.467 e. The molecule has 0 fully saturated rings. The van der Waals surface area contributed by atoms with Crippen molar-refractivity contribution in [3.8, 4) is 0 Å². The zero-order valence-electron chi connectivity index (χ0n) is 10.3. The monoisotopic (exact) mass is 293 g/mol. The zero-order valence-corrected chi connectivity index (χ0v) is 11.9. The molecule has 1 N–H and O–H groups in total. The van der Waals surface area contributed by atoms with Gasteiger partial charge in [0.05, 0.1) is 7.11 Å². The second-order valence-electron chi connectivity index (χ2n) is 4.63. The molecule has 1 amide bonds. The van der Waals surface area contributed by atoms with Gasteiger partial charge in [0.15, 0.2) is 0 Å². The lowest BCUT2D eigenvalue weighted by Gasteiger charge is -2.22. The topological polar surface area (TPSA) is 55.4 Å². The van der Waals surface area contributed by atoms with Crippen molar-refractivity contribution in [1.29, 1.82) is 0 Å². The van der Waals surface area contributed by atoms with Gasteiger partial charge in [-0.2, -0.15) is 0 Å². The molecule has 4 nitrogen and oxygen atoms in total. The molecule has 0 saturated carbocycles. The molecule has 0 aliphatic carbocycles. The van der Waals surface area contributed by atoms with Crippen molar-refractivity contribution in [3.05, 3.63) is 0 Å². The van der Waals surface area contributed by atoms with Crippen LogP contribution in [-0.4, -0.2) is 30.4 Å². The van der Waals surface area contributed by atoms with Crippen molar-refractivity contribution in [2.45, 2.75) is 39.7 Å². The van der Waals surface area contributed by atoms with E-state index in [2.05, 4.69) is 26.0 Å². The Morgan fingerprint density at radius 1 is 1.38 bits per heavy atom. The molecule has 0 saturated heterocycles. The number of esters is 1. The Labute approximate surface area is 105 Å². The molecule has 0 aromatic heterocycles. The SMILES string of the molecule is COC(=O)[C@H](CCCBr)NC(=O)C(C)(C)C. The summed E-state index contributed by atoms with van der Waals surface area (Å²) in [6.45, 7) is 5.42. The molecule has 94 valence electrons. The molecule has 0 radical (unpaired) electrons. The van der Waals surface area contributed by atoms with Crippen LogP contribution in [0.25, 0.3) is 0 Å². The normalized spacial score (nSPS) is 13.1. The van der Waals surface area contributed by atoms with Crippen molar-refractivity contribution < 1.29 is 14.3 Å². The van der Waals surface area contributed by atoms with Gasteiger partial charge < -0.3 is 10.1 Å². The fourth-order valence-electron chi connectivity index (χ4n) is 1.05. The lowest BCUT2D eigenvalue weighted by Crippen LogP contribution is -2.46. The number of methoxy groups -OCH3 is 1. The number of carbonyl (C=O) groups excluding carboxylic acids is 2. The highest BCUT2D eigenvalue weighted by Gasteiger charge is 2.27. The number of ether oxygens (including phenoxy) is 1. The van der Waals surface area contributed by atoms with E-state index < -0.39 is 17.4 Å². The van der Waals surface area contributed by atoms with E-state index in [1.807, 2.05) is 0 Å². The van der Waals surface area contributed by atoms with Crippen LogP contribution >= 0.6 is 15.9 Å². The third kappa shape index (κ3) is 5.49. The van der Waals surface area contributed by atoms with Crippen molar-refractivity contribution in [3.63, 3.8) is 0 Å². The van der Waals surface area contributed by atoms with Gasteiger partial charge in [-0.05, 0) is 12.8 Å². The first kappa shape index (κ1) is 15.4. The summed E-state index contributed by atoms with van der Waals surface area (Å²) in [6.07, 6.45) is 1.39. The zero-order chi connectivity index (χ0) is 12.8. The molecule has 0 spiro atoms. The first-order valence-corrected chi connectivity index (χ1v) is 6.39. The van der Waals surface area contributed by atoms with Crippen molar-refractivity contribution in [2.24, 2.45) is 5.41 Å². The van der Waals surface area contributed by atoms with E-state index in [4.69, 9.17) is 0 Å². The van der Waals surface area contributed by atoms with Crippen molar-refractivity contribution in [1.82, 2.24) is 5.32 Å². The van der Waals surface area contributed by atoms with E-state index in [1.54, 1.807) is 20.8 Å². The van der Waals surface area contributed by atoms with E-state index in [0.29, 0.717) is 6.42 Å². The number of hydrogen-bond acceptors (Lipinski definition) is 3. The van der Waals surface area contributed by atoms with Crippen molar-refractivity contribution in [2.75, 3.05) is 12.4 Å². The Bertz CT molecular complexity index is 248. The Morgan fingerprint density at radius 3 is 2.31 bits per heavy atom. The van der Waals surface area contributed by atoms with Gasteiger partial charge in [0.1, 0.15) is 6.04 Å². The smallest absolute Gasteiger partial charge is 0.328 e. The molecule has 0 aromatic rings. The maximum absolute atomic E-state index is 11.7. The summed E-state index contributed by atoms with van der Waals surface area (Å²) in [5.74, 6) is -0.531. The molecule has 0 rings (SSSR count). The fourth-order valence-corrected chi connectivity index (χ4v) is 1.37. The summed E-state index contributed by atoms with van der Waals surface area (Å²) in [5, 5.41) is 3.51. The molecular formula is C11H20BrNO3. The van der Waals surface area contributed by atoms with Crippen LogP contribution in [0.5, 0.6) is 0 Å². The standard InChI is InChI=1S/C11H20BrNO3/c1-11(2,3)10(15)13-8(6-5-7-12)9(14)16-4/h8H,5-7H2,1-4H3,(H,13,15)/t8-/m0/s1. The predicted molar refractivity (Wildman–Crippen MR) is 66.4 cm³/mol. The van der Waals surface area contributed by atoms with Gasteiger partial charge in [-0.15, -0.1) is 0 Å². The minimum absolute atomic E-state index is 0.141. The molecule has 0 aliphatic rings. The van der Waals surface area contributed by atoms with Gasteiger partial charge in [0.25, 0.3) is 0 Å². The average molecular weight is 294 g/mol. The lowest BCUT2D eigenvalue weighted by molar-refractivity contribution is -0.146. The molecule has 0 aromatic carbocycles. The molecule has 0 aliphatic heterocycles. The minimum Gasteiger partial charge on any atom is -0.467 e. The van der Waals surface area contributed by atoms with Gasteiger partial charge in [0.2, 0.25) is 5.91 Å². The summed E-state index contributed by atoms with van der Waals surface area (Å²) in [6, 6.07) is -0.547. The molecule has 0 unspecified atom stereocenters. The number of rotatable bonds is 5. The van der Waals surface area contributed by atoms with Crippen LogP contribution in [0.15, 0.2) is 0 Å². The van der Waals surface area contributed by atoms with E-state index in [-0.39, 0.29) is 5.91 Å². The second-order valence-corrected chi connectivity index (χ2v) is 5.42. The average Bonchev–Trinajstić information content (AvgIpc) is 2.21. The van der Waals surface area contributed by atoms with Gasteiger partial charge in [-0.1, -0.05) is 36.7 Å². The van der Waals surface area contributed by atoms with Gasteiger partial charge in [-0.25, -0.2) is 4.79 Å². The Kier molecular flexibility index (Phi) is 6.64. The Hall–Kier alpha value is -0.580. The Morgan fingerprint density at radius 2 is 1.94 bits per heavy atom. The van der Waals surface area contributed by atoms with Gasteiger partial charge in [0, 0.05) is 10.7 Å². The van der Waals surface area contributed by atoms with Crippen LogP contribution in [-0.2, 0) is 14.3 Å². The van der Waals surface area contributed by atoms with Crippen LogP contribution in [0.2, 0.25) is 0 Å². The molecular weight excluding hydrogens is 274 g/mol. The van der Waals surface area contributed by atoms with Gasteiger partial charge >= 0.3 is 5.97 Å². The summed E-state index contributed by atoms with van der Waals surface area (Å²) < 4.78 is 4.65. The van der Waals surface area contributed by atoms with Crippen LogP contribution in [0.4, 0.5) is 0 Å². The molecule has 5 heteroatoms. The first-order chi connectivity index (χ1) is 7.32. The first-order valence-electron chi connectivity index (χ1n) is 5.27. The van der Waals surface area contributed by atoms with Crippen LogP contribution in [0, 0.1) is 5.41 Å². The van der Waals surface area contributed by atoms with Gasteiger partial charge in [-0.3, -0.25) is 4.79 Å². The summed E-state index contributed by atoms with van der Waals surface area (Å²) in [5.41, 5.74) is -0.499. The molecule has 16 heavy (non-hydrogen) atoms. The highest BCUT2D eigenvalue weighted by Crippen LogP contribution is 2.14. The maximum atomic E-state index is 11.7. The third-order valence-electron chi connectivity index (χ3n) is 2.10.